The van der Waals surface area contributed by atoms with Crippen LogP contribution < -0.4 is 0 Å². The van der Waals surface area contributed by atoms with E-state index in [0.717, 1.165) is 5.56 Å². The molecule has 9 heteroatoms. The van der Waals surface area contributed by atoms with Crippen molar-refractivity contribution in [3.05, 3.63) is 35.9 Å². The van der Waals surface area contributed by atoms with Crippen molar-refractivity contribution in [2.24, 2.45) is 17.3 Å². The average Bonchev–Trinajstić information content (AvgIpc) is 3.41. The minimum atomic E-state index is -2.18. The summed E-state index contributed by atoms with van der Waals surface area (Å²) in [5.41, 5.74) is -2.60. The SMILES string of the molecule is C[C@H](C[C@@H]1OC(=O)[C@@]23CO[C@@H](C(C)(C)C)N2C(=O)[C@H](C)[C@@]13O)[C@H](COCc1ccccc1)O[Si](C)(C)C(C)(C)C. The third-order valence-corrected chi connectivity index (χ3v) is 14.2. The summed E-state index contributed by atoms with van der Waals surface area (Å²) >= 11 is 0. The summed E-state index contributed by atoms with van der Waals surface area (Å²) in [4.78, 5) is 28.6. The van der Waals surface area contributed by atoms with Crippen LogP contribution in [0.1, 0.15) is 67.4 Å². The van der Waals surface area contributed by atoms with E-state index in [4.69, 9.17) is 18.6 Å². The van der Waals surface area contributed by atoms with Crippen LogP contribution in [0.3, 0.4) is 0 Å². The first-order chi connectivity index (χ1) is 18.4. The molecule has 8 nitrogen and oxygen atoms in total. The Labute approximate surface area is 240 Å². The number of cyclic esters (lactones) is 1. The molecule has 0 unspecified atom stereocenters. The molecule has 40 heavy (non-hydrogen) atoms. The van der Waals surface area contributed by atoms with Gasteiger partial charge in [0.1, 0.15) is 17.9 Å². The Hall–Kier alpha value is -1.78. The minimum absolute atomic E-state index is 0.0114. The summed E-state index contributed by atoms with van der Waals surface area (Å²) in [6.45, 7) is 21.4. The van der Waals surface area contributed by atoms with Crippen LogP contribution >= 0.6 is 0 Å². The van der Waals surface area contributed by atoms with Gasteiger partial charge in [0.05, 0.1) is 31.8 Å². The lowest BCUT2D eigenvalue weighted by Crippen LogP contribution is -2.63. The molecule has 3 aliphatic rings. The first-order valence-electron chi connectivity index (χ1n) is 14.6. The molecular formula is C31H49NO7Si. The second-order valence-electron chi connectivity index (χ2n) is 14.7. The summed E-state index contributed by atoms with van der Waals surface area (Å²) in [5, 5.41) is 12.3. The number of esters is 1. The van der Waals surface area contributed by atoms with Gasteiger partial charge in [0.15, 0.2) is 13.9 Å². The fraction of sp³-hybridized carbons (Fsp3) is 0.742. The second-order valence-corrected chi connectivity index (χ2v) is 19.4. The standard InChI is InChI=1S/C31H49NO7Si/c1-20(23(39-40(9,10)29(6,7)8)18-36-17-22-14-12-11-13-15-22)16-24-31(35)21(2)25(33)32-26(28(3,4)5)37-19-30(31,32)27(34)38-24/h11-15,20-21,23-24,26,35H,16-19H2,1-10H3/t20-,21+,23+,24+,26+,30-,31-/m1/s1. The van der Waals surface area contributed by atoms with Crippen molar-refractivity contribution in [1.82, 2.24) is 4.90 Å². The molecule has 4 rings (SSSR count). The smallest absolute Gasteiger partial charge is 0.338 e. The van der Waals surface area contributed by atoms with Gasteiger partial charge in [-0.25, -0.2) is 4.79 Å². The van der Waals surface area contributed by atoms with E-state index in [9.17, 15) is 14.7 Å². The molecule has 224 valence electrons. The minimum Gasteiger partial charge on any atom is -0.457 e. The lowest BCUT2D eigenvalue weighted by molar-refractivity contribution is -0.158. The quantitative estimate of drug-likeness (QED) is 0.331. The molecule has 3 saturated heterocycles. The van der Waals surface area contributed by atoms with Gasteiger partial charge in [-0.05, 0) is 36.0 Å². The third-order valence-electron chi connectivity index (χ3n) is 9.71. The van der Waals surface area contributed by atoms with Crippen LogP contribution in [0.15, 0.2) is 30.3 Å². The zero-order valence-corrected chi connectivity index (χ0v) is 26.9. The molecule has 0 bridgehead atoms. The number of carbonyl (C=O) groups is 2. The topological polar surface area (TPSA) is 94.5 Å². The normalized spacial score (nSPS) is 32.2. The lowest BCUT2D eigenvalue weighted by atomic mass is 9.72. The Kier molecular flexibility index (Phi) is 8.17. The highest BCUT2D eigenvalue weighted by atomic mass is 28.4. The van der Waals surface area contributed by atoms with Crippen molar-refractivity contribution < 1.29 is 33.3 Å². The Balaban J connectivity index is 1.58. The van der Waals surface area contributed by atoms with Crippen LogP contribution in [-0.2, 0) is 34.8 Å². The predicted octanol–water partition coefficient (Wildman–Crippen LogP) is 4.90. The Bertz CT molecular complexity index is 1100. The third kappa shape index (κ3) is 4.95. The highest BCUT2D eigenvalue weighted by molar-refractivity contribution is 6.74. The Morgan fingerprint density at radius 1 is 1.12 bits per heavy atom. The first kappa shape index (κ1) is 31.2. The molecule has 7 atom stereocenters. The average molecular weight is 576 g/mol. The summed E-state index contributed by atoms with van der Waals surface area (Å²) < 4.78 is 25.0. The van der Waals surface area contributed by atoms with Gasteiger partial charge in [0, 0.05) is 5.41 Å². The van der Waals surface area contributed by atoms with E-state index in [1.54, 1.807) is 6.92 Å². The van der Waals surface area contributed by atoms with Gasteiger partial charge >= 0.3 is 5.97 Å². The maximum Gasteiger partial charge on any atom is 0.338 e. The molecule has 3 aliphatic heterocycles. The number of hydrogen-bond donors (Lipinski definition) is 1. The Morgan fingerprint density at radius 3 is 2.33 bits per heavy atom. The van der Waals surface area contributed by atoms with Gasteiger partial charge in [-0.1, -0.05) is 85.7 Å². The largest absolute Gasteiger partial charge is 0.457 e. The van der Waals surface area contributed by atoms with Gasteiger partial charge < -0.3 is 23.7 Å². The van der Waals surface area contributed by atoms with Gasteiger partial charge in [-0.15, -0.1) is 0 Å². The summed E-state index contributed by atoms with van der Waals surface area (Å²) in [6.07, 6.45) is -1.44. The molecule has 0 aliphatic carbocycles. The van der Waals surface area contributed by atoms with Gasteiger partial charge in [-0.3, -0.25) is 9.69 Å². The molecule has 1 amide bonds. The van der Waals surface area contributed by atoms with E-state index < -0.39 is 49.1 Å². The van der Waals surface area contributed by atoms with E-state index in [1.165, 1.54) is 4.90 Å². The van der Waals surface area contributed by atoms with Crippen LogP contribution in [-0.4, -0.2) is 73.0 Å². The van der Waals surface area contributed by atoms with Crippen molar-refractivity contribution in [2.45, 2.75) is 116 Å². The fourth-order valence-corrected chi connectivity index (χ4v) is 7.60. The highest BCUT2D eigenvalue weighted by Crippen LogP contribution is 2.58. The molecule has 3 fully saturated rings. The molecule has 3 heterocycles. The predicted molar refractivity (Wildman–Crippen MR) is 155 cm³/mol. The zero-order valence-electron chi connectivity index (χ0n) is 25.9. The number of nitrogens with zero attached hydrogens (tertiary/aromatic N) is 1. The van der Waals surface area contributed by atoms with Crippen molar-refractivity contribution in [1.29, 1.82) is 0 Å². The van der Waals surface area contributed by atoms with Gasteiger partial charge in [0.25, 0.3) is 0 Å². The van der Waals surface area contributed by atoms with Crippen molar-refractivity contribution in [2.75, 3.05) is 13.2 Å². The molecule has 0 aromatic heterocycles. The fourth-order valence-electron chi connectivity index (χ4n) is 6.18. The van der Waals surface area contributed by atoms with Crippen LogP contribution in [0.5, 0.6) is 0 Å². The van der Waals surface area contributed by atoms with E-state index in [-0.39, 0.29) is 29.6 Å². The van der Waals surface area contributed by atoms with Gasteiger partial charge in [0.2, 0.25) is 5.91 Å². The van der Waals surface area contributed by atoms with Crippen LogP contribution in [0, 0.1) is 17.3 Å². The van der Waals surface area contributed by atoms with Crippen LogP contribution in [0.2, 0.25) is 18.1 Å². The lowest BCUT2D eigenvalue weighted by Gasteiger charge is -2.42. The maximum atomic E-state index is 13.6. The number of rotatable bonds is 9. The van der Waals surface area contributed by atoms with Crippen molar-refractivity contribution >= 4 is 20.2 Å². The van der Waals surface area contributed by atoms with Crippen molar-refractivity contribution in [3.63, 3.8) is 0 Å². The van der Waals surface area contributed by atoms with E-state index in [0.29, 0.717) is 19.6 Å². The van der Waals surface area contributed by atoms with Crippen molar-refractivity contribution in [3.8, 4) is 0 Å². The summed E-state index contributed by atoms with van der Waals surface area (Å²) in [5.74, 6) is -1.79. The van der Waals surface area contributed by atoms with Crippen LogP contribution in [0.25, 0.3) is 0 Å². The number of carbonyl (C=O) groups excluding carboxylic acids is 2. The van der Waals surface area contributed by atoms with E-state index in [2.05, 4.69) is 33.9 Å². The summed E-state index contributed by atoms with van der Waals surface area (Å²) in [7, 11) is -2.18. The van der Waals surface area contributed by atoms with Crippen LogP contribution in [0.4, 0.5) is 0 Å². The number of hydrogen-bond acceptors (Lipinski definition) is 7. The molecule has 1 aromatic carbocycles. The molecule has 1 spiro atoms. The van der Waals surface area contributed by atoms with Gasteiger partial charge in [-0.2, -0.15) is 0 Å². The summed E-state index contributed by atoms with van der Waals surface area (Å²) in [6, 6.07) is 10.0. The number of benzene rings is 1. The number of aliphatic hydroxyl groups is 1. The highest BCUT2D eigenvalue weighted by Gasteiger charge is 2.82. The Morgan fingerprint density at radius 2 is 1.75 bits per heavy atom. The maximum absolute atomic E-state index is 13.6. The number of amides is 1. The first-order valence-corrected chi connectivity index (χ1v) is 17.5. The zero-order chi connectivity index (χ0) is 29.9. The molecule has 1 aromatic rings. The molecule has 1 N–H and O–H groups in total. The molecular weight excluding hydrogens is 526 g/mol. The van der Waals surface area contributed by atoms with E-state index >= 15 is 0 Å². The molecule has 0 radical (unpaired) electrons. The van der Waals surface area contributed by atoms with E-state index in [1.807, 2.05) is 58.0 Å². The molecule has 0 saturated carbocycles. The monoisotopic (exact) mass is 575 g/mol. The number of ether oxygens (including phenoxy) is 3. The second kappa shape index (κ2) is 10.5.